The van der Waals surface area contributed by atoms with Gasteiger partial charge in [-0.25, -0.2) is 0 Å². The van der Waals surface area contributed by atoms with Crippen molar-refractivity contribution in [1.29, 1.82) is 0 Å². The summed E-state index contributed by atoms with van der Waals surface area (Å²) < 4.78 is 0. The zero-order chi connectivity index (χ0) is 14.4. The van der Waals surface area contributed by atoms with Crippen molar-refractivity contribution in [2.45, 2.75) is 45.4 Å². The van der Waals surface area contributed by atoms with Crippen LogP contribution in [0, 0.1) is 11.8 Å². The summed E-state index contributed by atoms with van der Waals surface area (Å²) >= 11 is 12.4. The van der Waals surface area contributed by atoms with E-state index in [0.717, 1.165) is 35.5 Å². The number of halogens is 2. The second kappa shape index (κ2) is 8.26. The van der Waals surface area contributed by atoms with Gasteiger partial charge in [-0.2, -0.15) is 0 Å². The van der Waals surface area contributed by atoms with Gasteiger partial charge in [0.05, 0.1) is 0 Å². The van der Waals surface area contributed by atoms with Crippen LogP contribution >= 0.6 is 23.2 Å². The second-order valence-corrected chi connectivity index (χ2v) is 6.79. The third-order valence-electron chi connectivity index (χ3n) is 4.39. The molecule has 0 aliphatic heterocycles. The first-order chi connectivity index (χ1) is 9.70. The Morgan fingerprint density at radius 1 is 1.25 bits per heavy atom. The monoisotopic (exact) mass is 313 g/mol. The van der Waals surface area contributed by atoms with Gasteiger partial charge >= 0.3 is 0 Å². The molecule has 20 heavy (non-hydrogen) atoms. The first-order valence-corrected chi connectivity index (χ1v) is 8.61. The van der Waals surface area contributed by atoms with Crippen molar-refractivity contribution in [3.63, 3.8) is 0 Å². The summed E-state index contributed by atoms with van der Waals surface area (Å²) in [5.41, 5.74) is 1.20. The minimum Gasteiger partial charge on any atom is -0.316 e. The van der Waals surface area contributed by atoms with E-state index in [1.165, 1.54) is 37.7 Å². The van der Waals surface area contributed by atoms with Gasteiger partial charge in [-0.05, 0) is 61.5 Å². The van der Waals surface area contributed by atoms with E-state index in [9.17, 15) is 0 Å². The maximum absolute atomic E-state index is 6.33. The molecule has 0 aromatic heterocycles. The number of hydrogen-bond acceptors (Lipinski definition) is 1. The molecule has 0 saturated heterocycles. The molecule has 1 aromatic rings. The normalized spacial score (nSPS) is 17.6. The molecule has 1 N–H and O–H groups in total. The summed E-state index contributed by atoms with van der Waals surface area (Å²) in [7, 11) is 0. The molecule has 1 aliphatic rings. The predicted octanol–water partition coefficient (Wildman–Crippen LogP) is 5.34. The number of rotatable bonds is 7. The van der Waals surface area contributed by atoms with E-state index in [-0.39, 0.29) is 0 Å². The van der Waals surface area contributed by atoms with Gasteiger partial charge in [0.2, 0.25) is 0 Å². The van der Waals surface area contributed by atoms with Crippen LogP contribution < -0.4 is 5.32 Å². The van der Waals surface area contributed by atoms with Crippen molar-refractivity contribution in [3.8, 4) is 0 Å². The molecule has 0 spiro atoms. The fraction of sp³-hybridized carbons (Fsp3) is 0.647. The van der Waals surface area contributed by atoms with Crippen LogP contribution in [0.5, 0.6) is 0 Å². The molecule has 112 valence electrons. The molecular formula is C17H25Cl2N. The zero-order valence-electron chi connectivity index (χ0n) is 12.3. The highest BCUT2D eigenvalue weighted by Crippen LogP contribution is 2.34. The molecule has 1 atom stereocenters. The molecule has 1 aromatic carbocycles. The molecule has 0 amide bonds. The van der Waals surface area contributed by atoms with Crippen molar-refractivity contribution in [3.05, 3.63) is 33.8 Å². The molecule has 0 bridgehead atoms. The minimum atomic E-state index is 0.681. The Morgan fingerprint density at radius 2 is 2.00 bits per heavy atom. The van der Waals surface area contributed by atoms with Crippen LogP contribution in [0.25, 0.3) is 0 Å². The summed E-state index contributed by atoms with van der Waals surface area (Å²) in [5, 5.41) is 5.23. The van der Waals surface area contributed by atoms with E-state index in [0.29, 0.717) is 5.92 Å². The van der Waals surface area contributed by atoms with Gasteiger partial charge in [-0.3, -0.25) is 0 Å². The molecule has 1 saturated carbocycles. The molecule has 0 radical (unpaired) electrons. The topological polar surface area (TPSA) is 12.0 Å². The van der Waals surface area contributed by atoms with Crippen molar-refractivity contribution >= 4 is 23.2 Å². The maximum Gasteiger partial charge on any atom is 0.0439 e. The molecule has 1 nitrogen and oxygen atoms in total. The quantitative estimate of drug-likeness (QED) is 0.670. The van der Waals surface area contributed by atoms with E-state index in [1.54, 1.807) is 0 Å². The lowest BCUT2D eigenvalue weighted by Crippen LogP contribution is -2.29. The molecule has 2 rings (SSSR count). The third-order valence-corrected chi connectivity index (χ3v) is 4.99. The molecular weight excluding hydrogens is 289 g/mol. The van der Waals surface area contributed by atoms with Crippen LogP contribution in [0.4, 0.5) is 0 Å². The largest absolute Gasteiger partial charge is 0.316 e. The van der Waals surface area contributed by atoms with Gasteiger partial charge < -0.3 is 5.32 Å². The summed E-state index contributed by atoms with van der Waals surface area (Å²) in [6.07, 6.45) is 7.75. The van der Waals surface area contributed by atoms with Crippen LogP contribution in [0.15, 0.2) is 18.2 Å². The zero-order valence-corrected chi connectivity index (χ0v) is 13.8. The summed E-state index contributed by atoms with van der Waals surface area (Å²) in [4.78, 5) is 0. The average molecular weight is 314 g/mol. The molecule has 1 unspecified atom stereocenters. The number of nitrogens with one attached hydrogen (secondary N) is 1. The van der Waals surface area contributed by atoms with Gasteiger partial charge in [0.15, 0.2) is 0 Å². The lowest BCUT2D eigenvalue weighted by molar-refractivity contribution is 0.321. The SMILES string of the molecule is CCCNCC(Cc1cc(Cl)ccc1Cl)C1CCCC1. The Morgan fingerprint density at radius 3 is 2.70 bits per heavy atom. The van der Waals surface area contributed by atoms with E-state index in [2.05, 4.69) is 12.2 Å². The van der Waals surface area contributed by atoms with E-state index >= 15 is 0 Å². The Balaban J connectivity index is 2.03. The Hall–Kier alpha value is -0.240. The van der Waals surface area contributed by atoms with Crippen molar-refractivity contribution in [2.24, 2.45) is 11.8 Å². The van der Waals surface area contributed by atoms with E-state index < -0.39 is 0 Å². The fourth-order valence-electron chi connectivity index (χ4n) is 3.28. The maximum atomic E-state index is 6.33. The fourth-order valence-corrected chi connectivity index (χ4v) is 3.67. The lowest BCUT2D eigenvalue weighted by Gasteiger charge is -2.24. The minimum absolute atomic E-state index is 0.681. The van der Waals surface area contributed by atoms with Crippen molar-refractivity contribution < 1.29 is 0 Å². The molecule has 1 fully saturated rings. The summed E-state index contributed by atoms with van der Waals surface area (Å²) in [6.45, 7) is 4.42. The Kier molecular flexibility index (Phi) is 6.67. The van der Waals surface area contributed by atoms with E-state index in [1.807, 2.05) is 18.2 Å². The van der Waals surface area contributed by atoms with Gasteiger partial charge in [0, 0.05) is 10.0 Å². The van der Waals surface area contributed by atoms with Gasteiger partial charge in [0.25, 0.3) is 0 Å². The van der Waals surface area contributed by atoms with Gasteiger partial charge in [-0.1, -0.05) is 55.8 Å². The molecule has 1 aliphatic carbocycles. The van der Waals surface area contributed by atoms with Gasteiger partial charge in [0.1, 0.15) is 0 Å². The Labute approximate surface area is 133 Å². The van der Waals surface area contributed by atoms with Crippen molar-refractivity contribution in [1.82, 2.24) is 5.32 Å². The third kappa shape index (κ3) is 4.65. The highest BCUT2D eigenvalue weighted by atomic mass is 35.5. The smallest absolute Gasteiger partial charge is 0.0439 e. The number of benzene rings is 1. The van der Waals surface area contributed by atoms with Gasteiger partial charge in [-0.15, -0.1) is 0 Å². The number of hydrogen-bond donors (Lipinski definition) is 1. The second-order valence-electron chi connectivity index (χ2n) is 5.95. The first-order valence-electron chi connectivity index (χ1n) is 7.85. The molecule has 3 heteroatoms. The van der Waals surface area contributed by atoms with Crippen LogP contribution in [0.1, 0.15) is 44.6 Å². The highest BCUT2D eigenvalue weighted by Gasteiger charge is 2.25. The van der Waals surface area contributed by atoms with Crippen molar-refractivity contribution in [2.75, 3.05) is 13.1 Å². The molecule has 0 heterocycles. The standard InChI is InChI=1S/C17H25Cl2N/c1-2-9-20-12-15(13-5-3-4-6-13)10-14-11-16(18)7-8-17(14)19/h7-8,11,13,15,20H,2-6,9-10,12H2,1H3. The highest BCUT2D eigenvalue weighted by molar-refractivity contribution is 6.33. The Bertz CT molecular complexity index is 413. The van der Waals surface area contributed by atoms with Crippen LogP contribution in [0.3, 0.4) is 0 Å². The van der Waals surface area contributed by atoms with Crippen LogP contribution in [0.2, 0.25) is 10.0 Å². The van der Waals surface area contributed by atoms with Crippen LogP contribution in [-0.4, -0.2) is 13.1 Å². The summed E-state index contributed by atoms with van der Waals surface area (Å²) in [5.74, 6) is 1.52. The summed E-state index contributed by atoms with van der Waals surface area (Å²) in [6, 6.07) is 5.82. The first kappa shape index (κ1) is 16.1. The predicted molar refractivity (Wildman–Crippen MR) is 88.8 cm³/mol. The lowest BCUT2D eigenvalue weighted by atomic mass is 9.85. The average Bonchev–Trinajstić information content (AvgIpc) is 2.96. The van der Waals surface area contributed by atoms with Crippen LogP contribution in [-0.2, 0) is 6.42 Å². The van der Waals surface area contributed by atoms with E-state index in [4.69, 9.17) is 23.2 Å².